The number of aliphatic hydroxyl groups is 4. The molecular formula is C21H27N9O13P2. The maximum absolute atomic E-state index is 13.0. The first-order chi connectivity index (χ1) is 21.4. The van der Waals surface area contributed by atoms with Gasteiger partial charge in [-0.2, -0.15) is 10.1 Å². The van der Waals surface area contributed by atoms with Crippen molar-refractivity contribution in [3.63, 3.8) is 0 Å². The molecule has 6 rings (SSSR count). The zero-order valence-electron chi connectivity index (χ0n) is 22.6. The normalized spacial score (nSPS) is 29.6. The average Bonchev–Trinajstić information content (AvgIpc) is 3.74. The van der Waals surface area contributed by atoms with Crippen LogP contribution >= 0.6 is 16.5 Å². The molecule has 22 nitrogen and oxygen atoms in total. The van der Waals surface area contributed by atoms with Crippen molar-refractivity contribution in [3.05, 3.63) is 40.8 Å². The molecule has 2 aliphatic heterocycles. The second-order valence-electron chi connectivity index (χ2n) is 9.71. The number of anilines is 2. The zero-order chi connectivity index (χ0) is 32.6. The first-order valence-electron chi connectivity index (χ1n) is 12.8. The number of nitrogens with two attached hydrogens (primary N) is 2. The Morgan fingerprint density at radius 1 is 1.11 bits per heavy atom. The second kappa shape index (κ2) is 13.1. The van der Waals surface area contributed by atoms with Crippen LogP contribution in [0.3, 0.4) is 0 Å². The molecule has 2 saturated heterocycles. The predicted octanol–water partition coefficient (Wildman–Crippen LogP) is -2.87. The number of fused-ring (bicyclic) bond motifs is 2. The third kappa shape index (κ3) is 6.31. The molecule has 0 aliphatic carbocycles. The van der Waals surface area contributed by atoms with Gasteiger partial charge < -0.3 is 51.2 Å². The summed E-state index contributed by atoms with van der Waals surface area (Å²) in [4.78, 5) is 43.8. The van der Waals surface area contributed by atoms with E-state index in [1.54, 1.807) is 12.1 Å². The van der Waals surface area contributed by atoms with E-state index in [1.807, 2.05) is 0 Å². The van der Waals surface area contributed by atoms with Crippen molar-refractivity contribution in [1.82, 2.24) is 34.1 Å². The lowest BCUT2D eigenvalue weighted by Gasteiger charge is -2.24. The van der Waals surface area contributed by atoms with Crippen LogP contribution in [0.4, 0.5) is 11.8 Å². The lowest BCUT2D eigenvalue weighted by Crippen LogP contribution is -2.36. The van der Waals surface area contributed by atoms with Crippen LogP contribution < -0.4 is 17.0 Å². The average molecular weight is 675 g/mol. The first kappa shape index (κ1) is 32.9. The quantitative estimate of drug-likeness (QED) is 0.0847. The number of aliphatic hydroxyl groups excluding tert-OH is 4. The van der Waals surface area contributed by atoms with Crippen molar-refractivity contribution in [1.29, 1.82) is 0 Å². The largest absolute Gasteiger partial charge is 0.472 e. The minimum absolute atomic E-state index is 0.0817. The summed E-state index contributed by atoms with van der Waals surface area (Å²) < 4.78 is 45.7. The molecule has 0 saturated carbocycles. The topological polar surface area (TPSA) is 338 Å². The molecule has 1 unspecified atom stereocenters. The summed E-state index contributed by atoms with van der Waals surface area (Å²) in [6.07, 6.45) is -9.03. The Balaban J connectivity index is 0.00000128. The number of phosphoric acid groups is 1. The number of nitrogen functional groups attached to an aromatic ring is 2. The van der Waals surface area contributed by atoms with Crippen molar-refractivity contribution in [2.24, 2.45) is 0 Å². The summed E-state index contributed by atoms with van der Waals surface area (Å²) >= 11 is 0. The molecule has 6 heterocycles. The maximum Gasteiger partial charge on any atom is 0.472 e. The van der Waals surface area contributed by atoms with Crippen molar-refractivity contribution in [2.75, 3.05) is 24.7 Å². The highest BCUT2D eigenvalue weighted by atomic mass is 31.2. The van der Waals surface area contributed by atoms with Gasteiger partial charge in [-0.15, -0.1) is 0 Å². The van der Waals surface area contributed by atoms with Gasteiger partial charge >= 0.3 is 16.5 Å². The van der Waals surface area contributed by atoms with Crippen LogP contribution in [0.1, 0.15) is 18.0 Å². The van der Waals surface area contributed by atoms with E-state index < -0.39 is 84.2 Å². The van der Waals surface area contributed by atoms with E-state index in [9.17, 15) is 34.7 Å². The summed E-state index contributed by atoms with van der Waals surface area (Å²) in [6.45, 7) is -1.41. The van der Waals surface area contributed by atoms with Gasteiger partial charge in [0.05, 0.1) is 25.2 Å². The van der Waals surface area contributed by atoms with Gasteiger partial charge in [0.15, 0.2) is 23.2 Å². The fourth-order valence-corrected chi connectivity index (χ4v) is 5.94. The molecule has 0 aromatic carbocycles. The van der Waals surface area contributed by atoms with Crippen LogP contribution in [0.2, 0.25) is 0 Å². The summed E-state index contributed by atoms with van der Waals surface area (Å²) in [5, 5.41) is 45.7. The third-order valence-corrected chi connectivity index (χ3v) is 8.02. The van der Waals surface area contributed by atoms with E-state index >= 15 is 0 Å². The number of rotatable bonds is 8. The standard InChI is InChI=1S/C21H26N9O11P.HO2P/c22-17-8-2-1-7(30(8)26-5-24-17)15-14(34)12(32)10(39-15)4-38-42(36,37)41-16-13(33)9(3-31)40-20(16)29-6-25-11-18(29)27-21(23)28-19(11)35;1-3-2/h1-2,5-6,9-10,12-16,20,31-34H,3-4H2,(H,36,37)(H2,22,24,26)(H3,23,27,28,35);(H,1,2)/t9-,10-,12-,13-,14-,15+,16-,20-;/m1./s1. The Morgan fingerprint density at radius 3 is 2.56 bits per heavy atom. The lowest BCUT2D eigenvalue weighted by atomic mass is 10.1. The molecule has 244 valence electrons. The van der Waals surface area contributed by atoms with Crippen molar-refractivity contribution < 1.29 is 57.9 Å². The fraction of sp³-hybridized carbons (Fsp3) is 0.476. The van der Waals surface area contributed by atoms with Crippen LogP contribution in [0.15, 0.2) is 29.6 Å². The number of ether oxygens (including phenoxy) is 2. The van der Waals surface area contributed by atoms with E-state index in [-0.39, 0.29) is 22.9 Å². The number of phosphoric ester groups is 1. The lowest BCUT2D eigenvalue weighted by molar-refractivity contribution is -0.0551. The molecule has 0 amide bonds. The molecule has 2 fully saturated rings. The highest BCUT2D eigenvalue weighted by molar-refractivity contribution is 7.47. The molecule has 0 bridgehead atoms. The highest BCUT2D eigenvalue weighted by Gasteiger charge is 2.50. The van der Waals surface area contributed by atoms with Crippen LogP contribution in [0.25, 0.3) is 16.7 Å². The molecule has 0 spiro atoms. The number of aromatic amines is 1. The highest BCUT2D eigenvalue weighted by Crippen LogP contribution is 2.50. The maximum atomic E-state index is 13.0. The Hall–Kier alpha value is -3.50. The van der Waals surface area contributed by atoms with E-state index in [2.05, 4.69) is 25.0 Å². The molecular weight excluding hydrogens is 648 g/mol. The van der Waals surface area contributed by atoms with Crippen LogP contribution in [-0.4, -0.2) is 114 Å². The molecule has 4 aromatic heterocycles. The van der Waals surface area contributed by atoms with Gasteiger partial charge in [0.25, 0.3) is 5.56 Å². The van der Waals surface area contributed by atoms with Gasteiger partial charge in [-0.3, -0.25) is 23.4 Å². The number of hydrogen-bond acceptors (Lipinski definition) is 17. The summed E-state index contributed by atoms with van der Waals surface area (Å²) in [5.74, 6) is -0.0723. The Bertz CT molecular complexity index is 1790. The zero-order valence-corrected chi connectivity index (χ0v) is 24.4. The smallest absolute Gasteiger partial charge is 0.394 e. The monoisotopic (exact) mass is 675 g/mol. The number of nitrogens with zero attached hydrogens (tertiary/aromatic N) is 6. The van der Waals surface area contributed by atoms with Gasteiger partial charge in [-0.05, 0) is 12.1 Å². The number of nitrogens with one attached hydrogen (secondary N) is 1. The molecule has 4 aromatic rings. The Kier molecular flexibility index (Phi) is 9.56. The van der Waals surface area contributed by atoms with Gasteiger partial charge in [0, 0.05) is 0 Å². The van der Waals surface area contributed by atoms with Crippen molar-refractivity contribution in [2.45, 2.75) is 49.0 Å². The van der Waals surface area contributed by atoms with Crippen LogP contribution in [0.5, 0.6) is 0 Å². The number of hydrogen-bond donors (Lipinski definition) is 9. The fourth-order valence-electron chi connectivity index (χ4n) is 5.01. The number of imidazole rings is 1. The predicted molar refractivity (Wildman–Crippen MR) is 147 cm³/mol. The van der Waals surface area contributed by atoms with Gasteiger partial charge in [-0.25, -0.2) is 23.6 Å². The molecule has 2 aliphatic rings. The molecule has 11 N–H and O–H groups in total. The first-order valence-corrected chi connectivity index (χ1v) is 15.1. The van der Waals surface area contributed by atoms with Crippen LogP contribution in [-0.2, 0) is 27.7 Å². The minimum Gasteiger partial charge on any atom is -0.394 e. The molecule has 9 atom stereocenters. The number of H-pyrrole nitrogens is 1. The van der Waals surface area contributed by atoms with Crippen LogP contribution in [0, 0.1) is 0 Å². The van der Waals surface area contributed by atoms with Gasteiger partial charge in [-0.1, -0.05) is 0 Å². The Morgan fingerprint density at radius 2 is 1.84 bits per heavy atom. The van der Waals surface area contributed by atoms with E-state index in [0.717, 1.165) is 10.9 Å². The summed E-state index contributed by atoms with van der Waals surface area (Å²) in [6, 6.07) is 3.17. The Labute approximate surface area is 251 Å². The summed E-state index contributed by atoms with van der Waals surface area (Å²) in [5.41, 5.74) is 11.4. The molecule has 24 heteroatoms. The van der Waals surface area contributed by atoms with Crippen molar-refractivity contribution >= 4 is 45.0 Å². The minimum atomic E-state index is -5.04. The van der Waals surface area contributed by atoms with Gasteiger partial charge in [0.1, 0.15) is 54.6 Å². The van der Waals surface area contributed by atoms with Crippen molar-refractivity contribution in [3.8, 4) is 0 Å². The second-order valence-corrected chi connectivity index (χ2v) is 11.3. The van der Waals surface area contributed by atoms with Gasteiger partial charge in [0.2, 0.25) is 5.95 Å². The molecule has 0 radical (unpaired) electrons. The van der Waals surface area contributed by atoms with E-state index in [4.69, 9.17) is 39.4 Å². The number of aromatic nitrogens is 7. The SMILES string of the molecule is Nc1nc2c(ncn2[C@@H]2O[C@H](CO)[C@@H](O)[C@H]2OP(=O)(O)OC[C@H]2O[C@@H](c3ccc4c(N)ncnn34)[C@H](O)[C@@H]2O)c(=O)[nH]1.O=PO. The third-order valence-electron chi connectivity index (χ3n) is 7.04. The van der Waals surface area contributed by atoms with E-state index in [1.165, 1.54) is 10.8 Å². The summed E-state index contributed by atoms with van der Waals surface area (Å²) in [7, 11) is -5.88. The van der Waals surface area contributed by atoms with E-state index in [0.29, 0.717) is 11.2 Å². The molecule has 45 heavy (non-hydrogen) atoms.